The number of ether oxygens (including phenoxy) is 1. The van der Waals surface area contributed by atoms with Crippen LogP contribution in [0.4, 0.5) is 0 Å². The maximum absolute atomic E-state index is 13.0. The summed E-state index contributed by atoms with van der Waals surface area (Å²) in [5.41, 5.74) is 2.03. The molecule has 0 N–H and O–H groups in total. The number of carbonyl (C=O) groups is 1. The highest BCUT2D eigenvalue weighted by molar-refractivity contribution is 6.35. The summed E-state index contributed by atoms with van der Waals surface area (Å²) in [6.45, 7) is 5.28. The van der Waals surface area contributed by atoms with Crippen molar-refractivity contribution in [3.63, 3.8) is 0 Å². The predicted octanol–water partition coefficient (Wildman–Crippen LogP) is 3.45. The molecule has 1 aromatic heterocycles. The van der Waals surface area contributed by atoms with Gasteiger partial charge in [-0.1, -0.05) is 29.8 Å². The number of hydrogen-bond acceptors (Lipinski definition) is 3. The zero-order valence-electron chi connectivity index (χ0n) is 13.1. The van der Waals surface area contributed by atoms with Gasteiger partial charge in [0.15, 0.2) is 0 Å². The SMILES string of the molecule is Cc1cccc2c(Cl)ncc(C(=O)N3CCC4(CC3)COC4)c12. The molecular formula is C18H19ClN2O2. The lowest BCUT2D eigenvalue weighted by atomic mass is 9.77. The molecule has 2 aliphatic heterocycles. The number of aromatic nitrogens is 1. The molecule has 0 bridgehead atoms. The van der Waals surface area contributed by atoms with Crippen LogP contribution in [0.25, 0.3) is 10.8 Å². The van der Waals surface area contributed by atoms with Crippen molar-refractivity contribution in [1.82, 2.24) is 9.88 Å². The number of carbonyl (C=O) groups excluding carboxylic acids is 1. The summed E-state index contributed by atoms with van der Waals surface area (Å²) in [5, 5.41) is 2.22. The van der Waals surface area contributed by atoms with Gasteiger partial charge in [0, 0.05) is 35.5 Å². The minimum atomic E-state index is 0.0589. The van der Waals surface area contributed by atoms with E-state index in [9.17, 15) is 4.79 Å². The number of aryl methyl sites for hydroxylation is 1. The van der Waals surface area contributed by atoms with Gasteiger partial charge in [-0.15, -0.1) is 0 Å². The van der Waals surface area contributed by atoms with Crippen LogP contribution in [0.2, 0.25) is 5.15 Å². The average molecular weight is 331 g/mol. The molecule has 1 aromatic carbocycles. The van der Waals surface area contributed by atoms with Gasteiger partial charge >= 0.3 is 0 Å². The Morgan fingerprint density at radius 2 is 2.04 bits per heavy atom. The van der Waals surface area contributed by atoms with Crippen LogP contribution in [0.1, 0.15) is 28.8 Å². The van der Waals surface area contributed by atoms with Gasteiger partial charge in [-0.3, -0.25) is 4.79 Å². The molecule has 0 atom stereocenters. The average Bonchev–Trinajstić information content (AvgIpc) is 2.54. The van der Waals surface area contributed by atoms with Crippen LogP contribution in [0.3, 0.4) is 0 Å². The van der Waals surface area contributed by atoms with Gasteiger partial charge in [-0.05, 0) is 25.3 Å². The van der Waals surface area contributed by atoms with E-state index in [0.717, 1.165) is 55.5 Å². The van der Waals surface area contributed by atoms with Crippen molar-refractivity contribution in [3.8, 4) is 0 Å². The Hall–Kier alpha value is -1.65. The van der Waals surface area contributed by atoms with Crippen molar-refractivity contribution >= 4 is 28.3 Å². The molecule has 4 nitrogen and oxygen atoms in total. The molecule has 3 heterocycles. The number of halogens is 1. The maximum atomic E-state index is 13.0. The Labute approximate surface area is 140 Å². The number of benzene rings is 1. The molecule has 5 heteroatoms. The Kier molecular flexibility index (Phi) is 3.54. The largest absolute Gasteiger partial charge is 0.380 e. The Balaban J connectivity index is 1.67. The van der Waals surface area contributed by atoms with Gasteiger partial charge < -0.3 is 9.64 Å². The minimum absolute atomic E-state index is 0.0589. The molecule has 2 aliphatic rings. The smallest absolute Gasteiger partial charge is 0.256 e. The number of pyridine rings is 1. The van der Waals surface area contributed by atoms with E-state index in [-0.39, 0.29) is 5.91 Å². The molecule has 23 heavy (non-hydrogen) atoms. The molecule has 2 aromatic rings. The van der Waals surface area contributed by atoms with Gasteiger partial charge in [0.05, 0.1) is 18.8 Å². The first-order valence-corrected chi connectivity index (χ1v) is 8.38. The van der Waals surface area contributed by atoms with Crippen molar-refractivity contribution in [1.29, 1.82) is 0 Å². The lowest BCUT2D eigenvalue weighted by Gasteiger charge is -2.47. The zero-order chi connectivity index (χ0) is 16.0. The van der Waals surface area contributed by atoms with Crippen molar-refractivity contribution in [2.24, 2.45) is 5.41 Å². The third-order valence-electron chi connectivity index (χ3n) is 5.23. The van der Waals surface area contributed by atoms with E-state index in [1.165, 1.54) is 0 Å². The molecule has 0 saturated carbocycles. The number of piperidine rings is 1. The molecular weight excluding hydrogens is 312 g/mol. The number of rotatable bonds is 1. The van der Waals surface area contributed by atoms with Crippen LogP contribution in [-0.2, 0) is 4.74 Å². The molecule has 2 fully saturated rings. The third-order valence-corrected chi connectivity index (χ3v) is 5.53. The zero-order valence-corrected chi connectivity index (χ0v) is 13.9. The van der Waals surface area contributed by atoms with Crippen LogP contribution in [-0.4, -0.2) is 42.1 Å². The fraction of sp³-hybridized carbons (Fsp3) is 0.444. The third kappa shape index (κ3) is 2.41. The summed E-state index contributed by atoms with van der Waals surface area (Å²) < 4.78 is 5.35. The van der Waals surface area contributed by atoms with Gasteiger partial charge in [0.25, 0.3) is 5.91 Å². The van der Waals surface area contributed by atoms with Gasteiger partial charge in [0.2, 0.25) is 0 Å². The van der Waals surface area contributed by atoms with Crippen molar-refractivity contribution in [3.05, 3.63) is 40.7 Å². The van der Waals surface area contributed by atoms with Crippen LogP contribution >= 0.6 is 11.6 Å². The first-order valence-electron chi connectivity index (χ1n) is 8.01. The molecule has 2 saturated heterocycles. The minimum Gasteiger partial charge on any atom is -0.380 e. The van der Waals surface area contributed by atoms with Crippen molar-refractivity contribution < 1.29 is 9.53 Å². The summed E-state index contributed by atoms with van der Waals surface area (Å²) in [7, 11) is 0. The van der Waals surface area contributed by atoms with Crippen molar-refractivity contribution in [2.75, 3.05) is 26.3 Å². The second kappa shape index (κ2) is 5.46. The van der Waals surface area contributed by atoms with E-state index >= 15 is 0 Å². The van der Waals surface area contributed by atoms with Gasteiger partial charge in [0.1, 0.15) is 5.15 Å². The summed E-state index contributed by atoms with van der Waals surface area (Å²) in [5.74, 6) is 0.0589. The number of hydrogen-bond donors (Lipinski definition) is 0. The van der Waals surface area contributed by atoms with E-state index in [2.05, 4.69) is 4.98 Å². The predicted molar refractivity (Wildman–Crippen MR) is 89.9 cm³/mol. The summed E-state index contributed by atoms with van der Waals surface area (Å²) >= 11 is 6.21. The monoisotopic (exact) mass is 330 g/mol. The Morgan fingerprint density at radius 3 is 2.70 bits per heavy atom. The summed E-state index contributed by atoms with van der Waals surface area (Å²) in [6.07, 6.45) is 3.67. The molecule has 1 amide bonds. The van der Waals surface area contributed by atoms with Crippen molar-refractivity contribution in [2.45, 2.75) is 19.8 Å². The highest BCUT2D eigenvalue weighted by Crippen LogP contribution is 2.39. The molecule has 120 valence electrons. The lowest BCUT2D eigenvalue weighted by molar-refractivity contribution is -0.136. The van der Waals surface area contributed by atoms with E-state index in [1.54, 1.807) is 6.20 Å². The topological polar surface area (TPSA) is 42.4 Å². The molecule has 0 aliphatic carbocycles. The molecule has 0 unspecified atom stereocenters. The van der Waals surface area contributed by atoms with Crippen LogP contribution < -0.4 is 0 Å². The quantitative estimate of drug-likeness (QED) is 0.752. The Bertz CT molecular complexity index is 776. The number of amides is 1. The highest BCUT2D eigenvalue weighted by Gasteiger charge is 2.42. The first-order chi connectivity index (χ1) is 11.1. The fourth-order valence-electron chi connectivity index (χ4n) is 3.65. The summed E-state index contributed by atoms with van der Waals surface area (Å²) in [4.78, 5) is 19.2. The number of likely N-dealkylation sites (tertiary alicyclic amines) is 1. The van der Waals surface area contributed by atoms with E-state index in [1.807, 2.05) is 30.0 Å². The molecule has 1 spiro atoms. The number of nitrogens with zero attached hydrogens (tertiary/aromatic N) is 2. The summed E-state index contributed by atoms with van der Waals surface area (Å²) in [6, 6.07) is 5.87. The van der Waals surface area contributed by atoms with E-state index in [4.69, 9.17) is 16.3 Å². The molecule has 4 rings (SSSR count). The lowest BCUT2D eigenvalue weighted by Crippen LogP contribution is -2.52. The second-order valence-electron chi connectivity index (χ2n) is 6.75. The van der Waals surface area contributed by atoms with E-state index in [0.29, 0.717) is 16.1 Å². The normalized spacial score (nSPS) is 19.8. The highest BCUT2D eigenvalue weighted by atomic mass is 35.5. The first kappa shape index (κ1) is 14.9. The second-order valence-corrected chi connectivity index (χ2v) is 7.10. The van der Waals surface area contributed by atoms with Crippen LogP contribution in [0, 0.1) is 12.3 Å². The number of fused-ring (bicyclic) bond motifs is 1. The van der Waals surface area contributed by atoms with Crippen LogP contribution in [0.15, 0.2) is 24.4 Å². The van der Waals surface area contributed by atoms with Crippen LogP contribution in [0.5, 0.6) is 0 Å². The van der Waals surface area contributed by atoms with Gasteiger partial charge in [-0.25, -0.2) is 4.98 Å². The van der Waals surface area contributed by atoms with E-state index < -0.39 is 0 Å². The Morgan fingerprint density at radius 1 is 1.30 bits per heavy atom. The maximum Gasteiger partial charge on any atom is 0.256 e. The van der Waals surface area contributed by atoms with Gasteiger partial charge in [-0.2, -0.15) is 0 Å². The fourth-order valence-corrected chi connectivity index (χ4v) is 3.85. The molecule has 0 radical (unpaired) electrons. The standard InChI is InChI=1S/C18H19ClN2O2/c1-12-3-2-4-13-15(12)14(9-20-16(13)19)17(22)21-7-5-18(6-8-21)10-23-11-18/h2-4,9H,5-8,10-11H2,1H3.